The zero-order chi connectivity index (χ0) is 9.90. The van der Waals surface area contributed by atoms with Gasteiger partial charge in [0.25, 0.3) is 0 Å². The van der Waals surface area contributed by atoms with Gasteiger partial charge >= 0.3 is 0 Å². The molecule has 0 radical (unpaired) electrons. The van der Waals surface area contributed by atoms with Crippen LogP contribution in [0.2, 0.25) is 0 Å². The molecule has 1 aromatic carbocycles. The molecule has 0 heterocycles. The molecule has 1 aromatic rings. The third-order valence-corrected chi connectivity index (χ3v) is 2.16. The zero-order valence-electron chi connectivity index (χ0n) is 6.77. The van der Waals surface area contributed by atoms with Crippen LogP contribution in [0.25, 0.3) is 0 Å². The molecule has 0 aliphatic rings. The SMILES string of the molecule is N#Cc1cccc(CS(N)(=O)=O)c1. The summed E-state index contributed by atoms with van der Waals surface area (Å²) in [5.41, 5.74) is 0.961. The molecule has 1 rings (SSSR count). The molecule has 13 heavy (non-hydrogen) atoms. The summed E-state index contributed by atoms with van der Waals surface area (Å²) in [6.07, 6.45) is 0. The van der Waals surface area contributed by atoms with Gasteiger partial charge in [-0.05, 0) is 17.7 Å². The highest BCUT2D eigenvalue weighted by Crippen LogP contribution is 2.06. The minimum Gasteiger partial charge on any atom is -0.228 e. The lowest BCUT2D eigenvalue weighted by atomic mass is 10.2. The Bertz CT molecular complexity index is 445. The van der Waals surface area contributed by atoms with Gasteiger partial charge in [0, 0.05) is 0 Å². The summed E-state index contributed by atoms with van der Waals surface area (Å²) in [7, 11) is -3.51. The summed E-state index contributed by atoms with van der Waals surface area (Å²) in [6.45, 7) is 0. The van der Waals surface area contributed by atoms with Gasteiger partial charge in [-0.2, -0.15) is 5.26 Å². The van der Waals surface area contributed by atoms with Gasteiger partial charge in [0.2, 0.25) is 10.0 Å². The predicted molar refractivity (Wildman–Crippen MR) is 48.0 cm³/mol. The van der Waals surface area contributed by atoms with Crippen molar-refractivity contribution in [3.05, 3.63) is 35.4 Å². The van der Waals surface area contributed by atoms with Gasteiger partial charge < -0.3 is 0 Å². The molecular formula is C8H8N2O2S. The third-order valence-electron chi connectivity index (χ3n) is 1.42. The van der Waals surface area contributed by atoms with Gasteiger partial charge in [0.15, 0.2) is 0 Å². The molecule has 4 nitrogen and oxygen atoms in total. The average Bonchev–Trinajstić information content (AvgIpc) is 2.01. The first-order chi connectivity index (χ1) is 6.01. The van der Waals surface area contributed by atoms with E-state index in [0.717, 1.165) is 0 Å². The van der Waals surface area contributed by atoms with E-state index < -0.39 is 10.0 Å². The summed E-state index contributed by atoms with van der Waals surface area (Å²) >= 11 is 0. The maximum absolute atomic E-state index is 10.7. The molecule has 0 aliphatic carbocycles. The normalized spacial score (nSPS) is 10.8. The van der Waals surface area contributed by atoms with Crippen LogP contribution in [0.5, 0.6) is 0 Å². The second-order valence-corrected chi connectivity index (χ2v) is 4.23. The molecule has 0 spiro atoms. The van der Waals surface area contributed by atoms with E-state index in [1.807, 2.05) is 6.07 Å². The number of nitriles is 1. The van der Waals surface area contributed by atoms with Crippen molar-refractivity contribution in [2.45, 2.75) is 5.75 Å². The first-order valence-electron chi connectivity index (χ1n) is 3.51. The summed E-state index contributed by atoms with van der Waals surface area (Å²) in [4.78, 5) is 0. The summed E-state index contributed by atoms with van der Waals surface area (Å²) in [5.74, 6) is -0.234. The Hall–Kier alpha value is -1.38. The van der Waals surface area contributed by atoms with E-state index in [9.17, 15) is 8.42 Å². The molecule has 0 unspecified atom stereocenters. The summed E-state index contributed by atoms with van der Waals surface area (Å²) in [5, 5.41) is 13.4. The predicted octanol–water partition coefficient (Wildman–Crippen LogP) is 0.347. The molecule has 2 N–H and O–H groups in total. The molecule has 0 fully saturated rings. The maximum atomic E-state index is 10.7. The van der Waals surface area contributed by atoms with Crippen LogP contribution in [0, 0.1) is 11.3 Å². The Balaban J connectivity index is 2.99. The lowest BCUT2D eigenvalue weighted by Gasteiger charge is -1.98. The highest BCUT2D eigenvalue weighted by molar-refractivity contribution is 7.88. The highest BCUT2D eigenvalue weighted by Gasteiger charge is 2.04. The number of nitrogens with zero attached hydrogens (tertiary/aromatic N) is 1. The molecule has 0 atom stereocenters. The lowest BCUT2D eigenvalue weighted by molar-refractivity contribution is 0.597. The molecule has 5 heteroatoms. The minimum absolute atomic E-state index is 0.234. The Morgan fingerprint density at radius 2 is 2.15 bits per heavy atom. The van der Waals surface area contributed by atoms with Gasteiger partial charge in [-0.1, -0.05) is 12.1 Å². The van der Waals surface area contributed by atoms with Gasteiger partial charge in [0.1, 0.15) is 0 Å². The third kappa shape index (κ3) is 3.23. The van der Waals surface area contributed by atoms with Crippen LogP contribution in [0.15, 0.2) is 24.3 Å². The molecule has 68 valence electrons. The standard InChI is InChI=1S/C8H8N2O2S/c9-5-7-2-1-3-8(4-7)6-13(10,11)12/h1-4H,6H2,(H2,10,11,12). The number of hydrogen-bond acceptors (Lipinski definition) is 3. The van der Waals surface area contributed by atoms with Crippen molar-refractivity contribution in [1.29, 1.82) is 5.26 Å². The van der Waals surface area contributed by atoms with Crippen molar-refractivity contribution in [3.8, 4) is 6.07 Å². The van der Waals surface area contributed by atoms with Crippen LogP contribution in [0.4, 0.5) is 0 Å². The van der Waals surface area contributed by atoms with E-state index in [-0.39, 0.29) is 5.75 Å². The maximum Gasteiger partial charge on any atom is 0.213 e. The van der Waals surface area contributed by atoms with Gasteiger partial charge in [-0.3, -0.25) is 0 Å². The number of rotatable bonds is 2. The highest BCUT2D eigenvalue weighted by atomic mass is 32.2. The fourth-order valence-electron chi connectivity index (χ4n) is 0.963. The topological polar surface area (TPSA) is 83.9 Å². The van der Waals surface area contributed by atoms with Crippen LogP contribution in [-0.4, -0.2) is 8.42 Å². The molecule has 0 bridgehead atoms. The second-order valence-electron chi connectivity index (χ2n) is 2.62. The largest absolute Gasteiger partial charge is 0.228 e. The van der Waals surface area contributed by atoms with Gasteiger partial charge in [0.05, 0.1) is 17.4 Å². The Morgan fingerprint density at radius 1 is 1.46 bits per heavy atom. The van der Waals surface area contributed by atoms with Crippen LogP contribution in [-0.2, 0) is 15.8 Å². The van der Waals surface area contributed by atoms with E-state index >= 15 is 0 Å². The average molecular weight is 196 g/mol. The molecule has 0 saturated heterocycles. The number of nitrogens with two attached hydrogens (primary N) is 1. The zero-order valence-corrected chi connectivity index (χ0v) is 7.58. The number of primary sulfonamides is 1. The molecular weight excluding hydrogens is 188 g/mol. The van der Waals surface area contributed by atoms with Crippen LogP contribution in [0.1, 0.15) is 11.1 Å². The fraction of sp³-hybridized carbons (Fsp3) is 0.125. The van der Waals surface area contributed by atoms with Crippen LogP contribution < -0.4 is 5.14 Å². The van der Waals surface area contributed by atoms with Crippen LogP contribution in [0.3, 0.4) is 0 Å². The number of benzene rings is 1. The Kier molecular flexibility index (Phi) is 2.66. The van der Waals surface area contributed by atoms with E-state index in [1.165, 1.54) is 6.07 Å². The van der Waals surface area contributed by atoms with Crippen LogP contribution >= 0.6 is 0 Å². The molecule has 0 aliphatic heterocycles. The minimum atomic E-state index is -3.51. The molecule has 0 saturated carbocycles. The van der Waals surface area contributed by atoms with Gasteiger partial charge in [-0.15, -0.1) is 0 Å². The first-order valence-corrected chi connectivity index (χ1v) is 5.22. The molecule has 0 amide bonds. The summed E-state index contributed by atoms with van der Waals surface area (Å²) < 4.78 is 21.4. The van der Waals surface area contributed by atoms with Crippen molar-refractivity contribution in [3.63, 3.8) is 0 Å². The van der Waals surface area contributed by atoms with E-state index in [4.69, 9.17) is 10.4 Å². The fourth-order valence-corrected chi connectivity index (χ4v) is 1.61. The Labute approximate surface area is 76.7 Å². The number of hydrogen-bond donors (Lipinski definition) is 1. The summed E-state index contributed by atoms with van der Waals surface area (Å²) in [6, 6.07) is 8.27. The molecule has 0 aromatic heterocycles. The van der Waals surface area contributed by atoms with Crippen molar-refractivity contribution in [2.24, 2.45) is 5.14 Å². The van der Waals surface area contributed by atoms with Crippen molar-refractivity contribution in [2.75, 3.05) is 0 Å². The van der Waals surface area contributed by atoms with E-state index in [1.54, 1.807) is 18.2 Å². The van der Waals surface area contributed by atoms with Crippen molar-refractivity contribution in [1.82, 2.24) is 0 Å². The van der Waals surface area contributed by atoms with E-state index in [0.29, 0.717) is 11.1 Å². The second kappa shape index (κ2) is 3.56. The first kappa shape index (κ1) is 9.71. The number of sulfonamides is 1. The van der Waals surface area contributed by atoms with E-state index in [2.05, 4.69) is 0 Å². The van der Waals surface area contributed by atoms with Gasteiger partial charge in [-0.25, -0.2) is 13.6 Å². The quantitative estimate of drug-likeness (QED) is 0.740. The lowest BCUT2D eigenvalue weighted by Crippen LogP contribution is -2.14. The smallest absolute Gasteiger partial charge is 0.213 e. The van der Waals surface area contributed by atoms with Crippen molar-refractivity contribution >= 4 is 10.0 Å². The van der Waals surface area contributed by atoms with Crippen molar-refractivity contribution < 1.29 is 8.42 Å². The Morgan fingerprint density at radius 3 is 2.69 bits per heavy atom. The monoisotopic (exact) mass is 196 g/mol.